The summed E-state index contributed by atoms with van der Waals surface area (Å²) in [5.74, 6) is 0.0654. The third-order valence-corrected chi connectivity index (χ3v) is 9.22. The zero-order valence-electron chi connectivity index (χ0n) is 24.6. The molecule has 0 atom stereocenters. The van der Waals surface area contributed by atoms with E-state index in [0.717, 1.165) is 78.1 Å². The smallest absolute Gasteiger partial charge is 0.257 e. The Bertz CT molecular complexity index is 1790. The molecular weight excluding hydrogens is 534 g/mol. The largest absolute Gasteiger partial charge is 0.354 e. The number of likely N-dealkylation sites (tertiary alicyclic amines) is 1. The van der Waals surface area contributed by atoms with Crippen LogP contribution in [-0.2, 0) is 0 Å². The van der Waals surface area contributed by atoms with Crippen LogP contribution in [0.15, 0.2) is 95.9 Å². The van der Waals surface area contributed by atoms with Crippen molar-refractivity contribution in [3.8, 4) is 33.5 Å². The minimum Gasteiger partial charge on any atom is -0.354 e. The van der Waals surface area contributed by atoms with Crippen LogP contribution < -0.4 is 5.56 Å². The van der Waals surface area contributed by atoms with Crippen LogP contribution in [0, 0.1) is 0 Å². The van der Waals surface area contributed by atoms with E-state index in [2.05, 4.69) is 63.2 Å². The number of hydrogen-bond acceptors (Lipinski definition) is 4. The highest BCUT2D eigenvalue weighted by Crippen LogP contribution is 2.38. The predicted molar refractivity (Wildman–Crippen MR) is 173 cm³/mol. The van der Waals surface area contributed by atoms with Gasteiger partial charge in [0, 0.05) is 60.4 Å². The summed E-state index contributed by atoms with van der Waals surface area (Å²) in [6, 6.07) is 28.9. The lowest BCUT2D eigenvalue weighted by Gasteiger charge is -2.42. The van der Waals surface area contributed by atoms with Gasteiger partial charge in [-0.25, -0.2) is 0 Å². The molecule has 7 nitrogen and oxygen atoms in total. The molecule has 43 heavy (non-hydrogen) atoms. The van der Waals surface area contributed by atoms with Crippen molar-refractivity contribution in [2.45, 2.75) is 18.9 Å². The van der Waals surface area contributed by atoms with Crippen molar-refractivity contribution >= 4 is 16.8 Å². The SMILES string of the molecule is CN1CCC(N2CCN(C(=O)c3ccc4[nH]c(-c5ccc[nH]c5=O)c(-c5ccc(-c6ccccc6)cc5)c4c3)CC2)CC1. The molecule has 4 heterocycles. The number of piperidine rings is 1. The van der Waals surface area contributed by atoms with Gasteiger partial charge >= 0.3 is 0 Å². The van der Waals surface area contributed by atoms with Gasteiger partial charge in [0.05, 0.1) is 11.3 Å². The first-order chi connectivity index (χ1) is 21.0. The van der Waals surface area contributed by atoms with E-state index >= 15 is 0 Å². The number of piperazine rings is 1. The molecule has 0 aliphatic carbocycles. The second-order valence-corrected chi connectivity index (χ2v) is 11.9. The van der Waals surface area contributed by atoms with Crippen LogP contribution in [-0.4, -0.2) is 82.9 Å². The summed E-state index contributed by atoms with van der Waals surface area (Å²) >= 11 is 0. The summed E-state index contributed by atoms with van der Waals surface area (Å²) < 4.78 is 0. The first-order valence-corrected chi connectivity index (χ1v) is 15.3. The summed E-state index contributed by atoms with van der Waals surface area (Å²) in [4.78, 5) is 40.0. The topological polar surface area (TPSA) is 75.4 Å². The fourth-order valence-corrected chi connectivity index (χ4v) is 6.74. The van der Waals surface area contributed by atoms with Crippen molar-refractivity contribution < 1.29 is 4.79 Å². The zero-order valence-corrected chi connectivity index (χ0v) is 24.6. The van der Waals surface area contributed by atoms with E-state index < -0.39 is 0 Å². The van der Waals surface area contributed by atoms with Gasteiger partial charge in [-0.2, -0.15) is 0 Å². The molecule has 0 spiro atoms. The zero-order chi connectivity index (χ0) is 29.3. The van der Waals surface area contributed by atoms with Gasteiger partial charge in [-0.15, -0.1) is 0 Å². The third-order valence-electron chi connectivity index (χ3n) is 9.22. The molecule has 218 valence electrons. The number of fused-ring (bicyclic) bond motifs is 1. The molecule has 0 radical (unpaired) electrons. The Kier molecular flexibility index (Phi) is 7.43. The Morgan fingerprint density at radius 2 is 1.47 bits per heavy atom. The average Bonchev–Trinajstić information content (AvgIpc) is 3.44. The monoisotopic (exact) mass is 571 g/mol. The van der Waals surface area contributed by atoms with Crippen LogP contribution in [0.5, 0.6) is 0 Å². The third kappa shape index (κ3) is 5.42. The molecule has 3 aromatic carbocycles. The molecule has 2 saturated heterocycles. The van der Waals surface area contributed by atoms with Crippen LogP contribution in [0.2, 0.25) is 0 Å². The molecule has 1 amide bonds. The normalized spacial score (nSPS) is 17.0. The summed E-state index contributed by atoms with van der Waals surface area (Å²) in [6.45, 7) is 5.63. The van der Waals surface area contributed by atoms with Gasteiger partial charge in [0.15, 0.2) is 0 Å². The number of nitrogens with zero attached hydrogens (tertiary/aromatic N) is 3. The van der Waals surface area contributed by atoms with Gasteiger partial charge in [-0.1, -0.05) is 54.6 Å². The molecule has 2 aromatic heterocycles. The molecule has 5 aromatic rings. The van der Waals surface area contributed by atoms with Gasteiger partial charge in [0.25, 0.3) is 11.5 Å². The Hall–Kier alpha value is -4.46. The predicted octanol–water partition coefficient (Wildman–Crippen LogP) is 5.71. The van der Waals surface area contributed by atoms with E-state index in [1.807, 2.05) is 53.4 Å². The molecule has 2 N–H and O–H groups in total. The van der Waals surface area contributed by atoms with Gasteiger partial charge in [0.1, 0.15) is 0 Å². The van der Waals surface area contributed by atoms with Crippen LogP contribution in [0.3, 0.4) is 0 Å². The molecule has 2 aliphatic heterocycles. The number of aromatic amines is 2. The highest BCUT2D eigenvalue weighted by molar-refractivity contribution is 6.07. The van der Waals surface area contributed by atoms with E-state index in [-0.39, 0.29) is 11.5 Å². The number of nitrogens with one attached hydrogen (secondary N) is 2. The number of H-pyrrole nitrogens is 2. The number of carbonyl (C=O) groups excluding carboxylic acids is 1. The molecule has 7 rings (SSSR count). The quantitative estimate of drug-likeness (QED) is 0.284. The maximum Gasteiger partial charge on any atom is 0.257 e. The van der Waals surface area contributed by atoms with Crippen molar-refractivity contribution in [1.82, 2.24) is 24.7 Å². The van der Waals surface area contributed by atoms with Gasteiger partial charge in [-0.05, 0) is 80.0 Å². The van der Waals surface area contributed by atoms with E-state index in [1.54, 1.807) is 6.20 Å². The standard InChI is InChI=1S/C36H37N5O2/c1-39-18-15-29(16-19-39)40-20-22-41(23-21-40)36(43)28-13-14-32-31(24-28)33(34(38-32)30-8-5-17-37-35(30)42)27-11-9-26(10-12-27)25-6-3-2-4-7-25/h2-14,17,24,29,38H,15-16,18-23H2,1H3,(H,37,42). The van der Waals surface area contributed by atoms with E-state index in [0.29, 0.717) is 17.2 Å². The van der Waals surface area contributed by atoms with Crippen LogP contribution >= 0.6 is 0 Å². The lowest BCUT2D eigenvalue weighted by Crippen LogP contribution is -2.54. The molecule has 2 aliphatic rings. The highest BCUT2D eigenvalue weighted by atomic mass is 16.2. The van der Waals surface area contributed by atoms with Gasteiger partial charge in [-0.3, -0.25) is 14.5 Å². The number of amides is 1. The molecule has 2 fully saturated rings. The van der Waals surface area contributed by atoms with E-state index in [9.17, 15) is 9.59 Å². The lowest BCUT2D eigenvalue weighted by molar-refractivity contribution is 0.0475. The van der Waals surface area contributed by atoms with Crippen molar-refractivity contribution in [1.29, 1.82) is 0 Å². The first kappa shape index (κ1) is 27.4. The van der Waals surface area contributed by atoms with Gasteiger partial charge < -0.3 is 19.8 Å². The number of hydrogen-bond donors (Lipinski definition) is 2. The number of aromatic nitrogens is 2. The van der Waals surface area contributed by atoms with Crippen molar-refractivity contribution in [2.75, 3.05) is 46.3 Å². The molecule has 0 unspecified atom stereocenters. The van der Waals surface area contributed by atoms with Crippen LogP contribution in [0.1, 0.15) is 23.2 Å². The average molecular weight is 572 g/mol. The van der Waals surface area contributed by atoms with E-state index in [1.165, 1.54) is 12.8 Å². The highest BCUT2D eigenvalue weighted by Gasteiger charge is 2.29. The molecular formula is C36H37N5O2. The van der Waals surface area contributed by atoms with Crippen molar-refractivity contribution in [2.24, 2.45) is 0 Å². The van der Waals surface area contributed by atoms with Crippen LogP contribution in [0.4, 0.5) is 0 Å². The summed E-state index contributed by atoms with van der Waals surface area (Å²) in [6.07, 6.45) is 4.05. The fraction of sp³-hybridized carbons (Fsp3) is 0.278. The van der Waals surface area contributed by atoms with E-state index in [4.69, 9.17) is 0 Å². The summed E-state index contributed by atoms with van der Waals surface area (Å²) in [7, 11) is 2.19. The maximum atomic E-state index is 13.8. The summed E-state index contributed by atoms with van der Waals surface area (Å²) in [5.41, 5.74) is 6.91. The second kappa shape index (κ2) is 11.7. The number of benzene rings is 3. The Morgan fingerprint density at radius 1 is 0.767 bits per heavy atom. The van der Waals surface area contributed by atoms with Gasteiger partial charge in [0.2, 0.25) is 0 Å². The number of pyridine rings is 1. The Balaban J connectivity index is 1.21. The molecule has 7 heteroatoms. The Labute approximate surface area is 251 Å². The molecule has 0 bridgehead atoms. The number of carbonyl (C=O) groups is 1. The lowest BCUT2D eigenvalue weighted by atomic mass is 9.95. The van der Waals surface area contributed by atoms with Crippen molar-refractivity contribution in [3.05, 3.63) is 107 Å². The minimum atomic E-state index is -0.157. The van der Waals surface area contributed by atoms with Crippen molar-refractivity contribution in [3.63, 3.8) is 0 Å². The summed E-state index contributed by atoms with van der Waals surface area (Å²) in [5, 5.41) is 0.932. The first-order valence-electron chi connectivity index (χ1n) is 15.3. The Morgan fingerprint density at radius 3 is 2.19 bits per heavy atom. The van der Waals surface area contributed by atoms with Crippen LogP contribution in [0.25, 0.3) is 44.4 Å². The molecule has 0 saturated carbocycles. The maximum absolute atomic E-state index is 13.8. The minimum absolute atomic E-state index is 0.0654. The fourth-order valence-electron chi connectivity index (χ4n) is 6.74. The number of rotatable bonds is 5. The second-order valence-electron chi connectivity index (χ2n) is 11.9.